The molecule has 2 aliphatic heterocycles. The van der Waals surface area contributed by atoms with Crippen molar-refractivity contribution in [2.75, 3.05) is 11.6 Å². The Hall–Kier alpha value is -3.20. The number of alkyl halides is 1. The second-order valence-corrected chi connectivity index (χ2v) is 7.59. The van der Waals surface area contributed by atoms with Crippen LogP contribution in [0.15, 0.2) is 83.1 Å². The minimum Gasteiger partial charge on any atom is -0.354 e. The van der Waals surface area contributed by atoms with Crippen molar-refractivity contribution in [2.45, 2.75) is 11.3 Å². The third kappa shape index (κ3) is 3.80. The van der Waals surface area contributed by atoms with Gasteiger partial charge < -0.3 is 16.0 Å². The van der Waals surface area contributed by atoms with E-state index >= 15 is 0 Å². The molecular weight excluding hydrogens is 413 g/mol. The highest BCUT2D eigenvalue weighted by Crippen LogP contribution is 2.33. The summed E-state index contributed by atoms with van der Waals surface area (Å²) in [4.78, 5) is 17.3. The molecule has 2 heterocycles. The summed E-state index contributed by atoms with van der Waals surface area (Å²) < 4.78 is 42.9. The Morgan fingerprint density at radius 1 is 1.10 bits per heavy atom. The number of carbonyl (C=O) groups excluding carboxylic acids is 1. The predicted octanol–water partition coefficient (Wildman–Crippen LogP) is 3.97. The number of para-hydroxylation sites is 1. The molecule has 2 aliphatic rings. The normalized spacial score (nSPS) is 23.5. The Labute approximate surface area is 175 Å². The van der Waals surface area contributed by atoms with Gasteiger partial charge in [-0.3, -0.25) is 4.79 Å². The second kappa shape index (κ2) is 7.91. The number of amides is 1. The van der Waals surface area contributed by atoms with Crippen LogP contribution in [0.25, 0.3) is 0 Å². The van der Waals surface area contributed by atoms with Crippen LogP contribution in [0.1, 0.15) is 11.1 Å². The number of aliphatic imine (C=N–C) groups is 1. The van der Waals surface area contributed by atoms with Gasteiger partial charge in [0.25, 0.3) is 11.0 Å². The topological polar surface area (TPSA) is 65.5 Å². The van der Waals surface area contributed by atoms with Crippen LogP contribution in [-0.2, 0) is 4.79 Å². The Kier molecular flexibility index (Phi) is 5.29. The molecule has 2 aromatic carbocycles. The van der Waals surface area contributed by atoms with Crippen molar-refractivity contribution in [1.82, 2.24) is 10.6 Å². The van der Waals surface area contributed by atoms with E-state index in [0.29, 0.717) is 28.7 Å². The number of rotatable bonds is 4. The van der Waals surface area contributed by atoms with Crippen molar-refractivity contribution in [3.63, 3.8) is 0 Å². The van der Waals surface area contributed by atoms with E-state index in [1.807, 2.05) is 35.6 Å². The first-order chi connectivity index (χ1) is 14.4. The Morgan fingerprint density at radius 3 is 2.53 bits per heavy atom. The average Bonchev–Trinajstić information content (AvgIpc) is 2.89. The van der Waals surface area contributed by atoms with Gasteiger partial charge in [-0.15, -0.1) is 0 Å². The fourth-order valence-electron chi connectivity index (χ4n) is 3.15. The molecule has 30 heavy (non-hydrogen) atoms. The maximum absolute atomic E-state index is 14.6. The lowest BCUT2D eigenvalue weighted by Crippen LogP contribution is -2.43. The molecule has 154 valence electrons. The van der Waals surface area contributed by atoms with Crippen LogP contribution in [-0.4, -0.2) is 29.2 Å². The fourth-order valence-corrected chi connectivity index (χ4v) is 3.58. The number of hydrogen-bond acceptors (Lipinski definition) is 5. The van der Waals surface area contributed by atoms with Gasteiger partial charge in [-0.2, -0.15) is 8.78 Å². The molecule has 2 atom stereocenters. The van der Waals surface area contributed by atoms with Gasteiger partial charge in [0.2, 0.25) is 5.95 Å². The van der Waals surface area contributed by atoms with Crippen LogP contribution >= 0.6 is 11.8 Å². The molecule has 0 spiro atoms. The summed E-state index contributed by atoms with van der Waals surface area (Å²) in [5.41, 5.74) is 1.92. The van der Waals surface area contributed by atoms with Crippen molar-refractivity contribution in [3.8, 4) is 0 Å². The summed E-state index contributed by atoms with van der Waals surface area (Å²) in [5.74, 6) is -3.38. The fraction of sp³-hybridized carbons (Fsp3) is 0.143. The first-order valence-corrected chi connectivity index (χ1v) is 10.2. The molecule has 0 radical (unpaired) electrons. The molecule has 9 heteroatoms. The first kappa shape index (κ1) is 20.1. The molecule has 0 aliphatic carbocycles. The molecular formula is C21H17F3N4OS. The first-order valence-electron chi connectivity index (χ1n) is 9.01. The van der Waals surface area contributed by atoms with E-state index in [-0.39, 0.29) is 0 Å². The van der Waals surface area contributed by atoms with Gasteiger partial charge >= 0.3 is 0 Å². The number of benzodiazepines with no additional fused rings is 1. The molecule has 3 N–H and O–H groups in total. The summed E-state index contributed by atoms with van der Waals surface area (Å²) >= 11 is 0.640. The monoisotopic (exact) mass is 430 g/mol. The Bertz CT molecular complexity index is 1090. The molecule has 1 unspecified atom stereocenters. The number of nitrogens with zero attached hydrogens (tertiary/aromatic N) is 1. The minimum absolute atomic E-state index is 0.484. The van der Waals surface area contributed by atoms with Gasteiger partial charge in [0.1, 0.15) is 0 Å². The number of anilines is 1. The van der Waals surface area contributed by atoms with E-state index in [0.717, 1.165) is 11.6 Å². The van der Waals surface area contributed by atoms with Gasteiger partial charge in [0.15, 0.2) is 12.0 Å². The van der Waals surface area contributed by atoms with Crippen molar-refractivity contribution in [1.29, 1.82) is 0 Å². The number of benzene rings is 2. The molecule has 0 bridgehead atoms. The van der Waals surface area contributed by atoms with Gasteiger partial charge in [0.05, 0.1) is 17.1 Å². The van der Waals surface area contributed by atoms with Crippen molar-refractivity contribution in [2.24, 2.45) is 4.99 Å². The molecule has 4 rings (SSSR count). The zero-order valence-electron chi connectivity index (χ0n) is 15.7. The summed E-state index contributed by atoms with van der Waals surface area (Å²) in [6, 6.07) is 16.2. The molecule has 1 amide bonds. The smallest absolute Gasteiger partial charge is 0.269 e. The van der Waals surface area contributed by atoms with E-state index in [9.17, 15) is 18.0 Å². The Balaban J connectivity index is 1.78. The summed E-state index contributed by atoms with van der Waals surface area (Å²) in [7, 11) is 0. The van der Waals surface area contributed by atoms with E-state index in [4.69, 9.17) is 0 Å². The number of nitrogens with one attached hydrogen (secondary N) is 3. The highest BCUT2D eigenvalue weighted by Gasteiger charge is 2.36. The van der Waals surface area contributed by atoms with Crippen LogP contribution in [0, 0.1) is 0 Å². The number of carbonyl (C=O) groups is 1. The van der Waals surface area contributed by atoms with Crippen molar-refractivity contribution >= 4 is 29.1 Å². The van der Waals surface area contributed by atoms with Gasteiger partial charge in [-0.05, 0) is 12.3 Å². The van der Waals surface area contributed by atoms with Crippen molar-refractivity contribution < 1.29 is 18.0 Å². The Morgan fingerprint density at radius 2 is 1.80 bits per heavy atom. The quantitative estimate of drug-likeness (QED) is 0.643. The number of allylic oxidation sites excluding steroid dienone is 1. The zero-order valence-corrected chi connectivity index (χ0v) is 16.6. The molecule has 0 saturated heterocycles. The summed E-state index contributed by atoms with van der Waals surface area (Å²) in [5, 5.41) is 4.73. The van der Waals surface area contributed by atoms with Crippen LogP contribution < -0.4 is 16.0 Å². The highest BCUT2D eigenvalue weighted by molar-refractivity contribution is 7.99. The lowest BCUT2D eigenvalue weighted by Gasteiger charge is -2.27. The van der Waals surface area contributed by atoms with Crippen LogP contribution in [0.5, 0.6) is 0 Å². The second-order valence-electron chi connectivity index (χ2n) is 6.59. The molecule has 2 aromatic rings. The summed E-state index contributed by atoms with van der Waals surface area (Å²) in [6.07, 6.45) is 0.929. The standard InChI is InChI=1S/C21H17F3N4OS/c1-30-21(24)11-15(16(22)18(23)28-21)25-19-20(29)26-14-10-6-5-9-13(14)17(27-19)12-7-3-2-4-8-12/h2-11,19,25,28H,1H3,(H,26,29)/t19-,21?/m0/s1. The zero-order chi connectivity index (χ0) is 21.3. The van der Waals surface area contributed by atoms with Crippen LogP contribution in [0.3, 0.4) is 0 Å². The predicted molar refractivity (Wildman–Crippen MR) is 112 cm³/mol. The van der Waals surface area contributed by atoms with Crippen molar-refractivity contribution in [3.05, 3.63) is 89.3 Å². The maximum Gasteiger partial charge on any atom is 0.269 e. The number of hydrogen-bond donors (Lipinski definition) is 3. The lowest BCUT2D eigenvalue weighted by molar-refractivity contribution is -0.117. The van der Waals surface area contributed by atoms with E-state index in [1.165, 1.54) is 6.26 Å². The average molecular weight is 430 g/mol. The number of thioether (sulfide) groups is 1. The largest absolute Gasteiger partial charge is 0.354 e. The molecule has 5 nitrogen and oxygen atoms in total. The maximum atomic E-state index is 14.6. The van der Waals surface area contributed by atoms with Gasteiger partial charge in [0, 0.05) is 17.2 Å². The molecule has 0 aromatic heterocycles. The van der Waals surface area contributed by atoms with Gasteiger partial charge in [-0.25, -0.2) is 9.38 Å². The molecule has 0 saturated carbocycles. The van der Waals surface area contributed by atoms with E-state index in [1.54, 1.807) is 24.3 Å². The van der Waals surface area contributed by atoms with E-state index < -0.39 is 34.7 Å². The third-order valence-electron chi connectivity index (χ3n) is 4.62. The summed E-state index contributed by atoms with van der Waals surface area (Å²) in [6.45, 7) is 0. The molecule has 0 fully saturated rings. The number of halogens is 3. The van der Waals surface area contributed by atoms with Gasteiger partial charge in [-0.1, -0.05) is 60.3 Å². The van der Waals surface area contributed by atoms with E-state index in [2.05, 4.69) is 15.6 Å². The van der Waals surface area contributed by atoms with Crippen LogP contribution in [0.2, 0.25) is 0 Å². The lowest BCUT2D eigenvalue weighted by atomic mass is 10.0. The number of fused-ring (bicyclic) bond motifs is 1. The highest BCUT2D eigenvalue weighted by atomic mass is 32.2. The third-order valence-corrected chi connectivity index (χ3v) is 5.44. The minimum atomic E-state index is -2.36. The number of dihydropyridines is 1. The SMILES string of the molecule is CSC1(F)C=C(N[C@H]2N=C(c3ccccc3)c3ccccc3NC2=O)C(F)=C(F)N1. The van der Waals surface area contributed by atoms with Crippen LogP contribution in [0.4, 0.5) is 18.9 Å².